The molecule has 2 N–H and O–H groups in total. The second-order valence-electron chi connectivity index (χ2n) is 11.1. The Morgan fingerprint density at radius 3 is 2.60 bits per heavy atom. The molecule has 234 valence electrons. The van der Waals surface area contributed by atoms with E-state index in [9.17, 15) is 19.2 Å². The van der Waals surface area contributed by atoms with Crippen LogP contribution in [0.25, 0.3) is 10.8 Å². The largest absolute Gasteiger partial charge is 0.467 e. The number of thioether (sulfide) groups is 2. The number of carbonyl (C=O) groups excluding carboxylic acids is 4. The Morgan fingerprint density at radius 2 is 1.93 bits per heavy atom. The highest BCUT2D eigenvalue weighted by Gasteiger charge is 2.38. The number of esters is 1. The first-order chi connectivity index (χ1) is 20.4. The number of carbonyl (C=O) groups is 4. The molecule has 3 atom stereocenters. The third-order valence-electron chi connectivity index (χ3n) is 6.64. The van der Waals surface area contributed by atoms with E-state index in [1.54, 1.807) is 22.7 Å². The van der Waals surface area contributed by atoms with Crippen LogP contribution >= 0.6 is 23.5 Å². The minimum atomic E-state index is -0.770. The molecular formula is C31H41N3O7S2. The van der Waals surface area contributed by atoms with Crippen LogP contribution in [0.1, 0.15) is 44.0 Å². The summed E-state index contributed by atoms with van der Waals surface area (Å²) < 4.78 is 15.7. The predicted octanol–water partition coefficient (Wildman–Crippen LogP) is 5.71. The van der Waals surface area contributed by atoms with Crippen molar-refractivity contribution in [1.82, 2.24) is 10.2 Å². The van der Waals surface area contributed by atoms with Crippen LogP contribution < -0.4 is 10.6 Å². The number of fused-ring (bicyclic) bond motifs is 1. The molecule has 1 fully saturated rings. The van der Waals surface area contributed by atoms with Crippen LogP contribution in [0.15, 0.2) is 49.1 Å². The van der Waals surface area contributed by atoms with Gasteiger partial charge in [-0.05, 0) is 80.3 Å². The maximum Gasteiger partial charge on any atom is 0.410 e. The number of anilines is 1. The summed E-state index contributed by atoms with van der Waals surface area (Å²) in [6, 6.07) is 10.1. The topological polar surface area (TPSA) is 123 Å². The lowest BCUT2D eigenvalue weighted by Gasteiger charge is -2.24. The zero-order chi connectivity index (χ0) is 31.6. The number of ether oxygens (including phenoxy) is 3. The van der Waals surface area contributed by atoms with Gasteiger partial charge < -0.3 is 29.7 Å². The minimum absolute atomic E-state index is 0.0754. The van der Waals surface area contributed by atoms with Crippen molar-refractivity contribution in [3.8, 4) is 0 Å². The molecule has 0 aliphatic carbocycles. The van der Waals surface area contributed by atoms with Gasteiger partial charge >= 0.3 is 17.4 Å². The second kappa shape index (κ2) is 15.9. The van der Waals surface area contributed by atoms with Gasteiger partial charge in [-0.3, -0.25) is 4.79 Å². The van der Waals surface area contributed by atoms with E-state index in [4.69, 9.17) is 14.2 Å². The summed E-state index contributed by atoms with van der Waals surface area (Å²) in [7, 11) is 1.30. The summed E-state index contributed by atoms with van der Waals surface area (Å²) in [5.74, 6) is -0.201. The van der Waals surface area contributed by atoms with Crippen molar-refractivity contribution < 1.29 is 33.4 Å². The lowest BCUT2D eigenvalue weighted by Crippen LogP contribution is -2.42. The van der Waals surface area contributed by atoms with Crippen LogP contribution in [0, 0.1) is 0 Å². The number of benzene rings is 2. The fourth-order valence-electron chi connectivity index (χ4n) is 4.70. The summed E-state index contributed by atoms with van der Waals surface area (Å²) in [4.78, 5) is 52.8. The fraction of sp³-hybridized carbons (Fsp3) is 0.484. The van der Waals surface area contributed by atoms with Crippen molar-refractivity contribution >= 4 is 63.3 Å². The van der Waals surface area contributed by atoms with Crippen molar-refractivity contribution in [3.05, 3.63) is 54.6 Å². The average molecular weight is 632 g/mol. The van der Waals surface area contributed by atoms with Crippen LogP contribution in [0.3, 0.4) is 0 Å². The Balaban J connectivity index is 1.81. The Kier molecular flexibility index (Phi) is 12.6. The van der Waals surface area contributed by atoms with Gasteiger partial charge in [-0.25, -0.2) is 14.4 Å². The highest BCUT2D eigenvalue weighted by atomic mass is 32.2. The van der Waals surface area contributed by atoms with Crippen LogP contribution in [-0.4, -0.2) is 89.9 Å². The summed E-state index contributed by atoms with van der Waals surface area (Å²) in [6.45, 7) is 9.78. The zero-order valence-corrected chi connectivity index (χ0v) is 27.0. The Bertz CT molecular complexity index is 1310. The first-order valence-corrected chi connectivity index (χ1v) is 16.3. The molecule has 3 unspecified atom stereocenters. The Morgan fingerprint density at radius 1 is 1.19 bits per heavy atom. The molecule has 2 aromatic rings. The van der Waals surface area contributed by atoms with Crippen molar-refractivity contribution in [2.75, 3.05) is 44.1 Å². The number of likely N-dealkylation sites (tertiary alicyclic amines) is 1. The SMILES string of the molecule is C=CCOC(=O)N1CC(SC(=O)OC(C)(C)C)CC1CNc1cc(C(=O)NC(CCSC)C(=O)OC)c2ccccc2c1. The van der Waals surface area contributed by atoms with E-state index in [-0.39, 0.29) is 23.8 Å². The standard InChI is InChI=1S/C31H41N3O7S2/c1-7-13-40-29(37)34-19-23(43-30(38)41-31(2,3)4)17-22(34)18-32-21-15-20-10-8-9-11-24(20)25(16-21)27(35)33-26(12-14-42-6)28(36)39-5/h7-11,15-16,22-23,26,32H,1,12-14,17-19H2,2-6H3,(H,33,35). The van der Waals surface area contributed by atoms with E-state index in [2.05, 4.69) is 17.2 Å². The van der Waals surface area contributed by atoms with Gasteiger partial charge in [-0.15, -0.1) is 0 Å². The van der Waals surface area contributed by atoms with Gasteiger partial charge in [0.2, 0.25) is 0 Å². The molecule has 2 aromatic carbocycles. The van der Waals surface area contributed by atoms with Gasteiger partial charge in [-0.2, -0.15) is 11.8 Å². The molecular weight excluding hydrogens is 590 g/mol. The number of rotatable bonds is 12. The summed E-state index contributed by atoms with van der Waals surface area (Å²) in [5, 5.41) is 7.23. The van der Waals surface area contributed by atoms with E-state index in [1.807, 2.05) is 57.4 Å². The molecule has 0 saturated carbocycles. The highest BCUT2D eigenvalue weighted by Crippen LogP contribution is 2.31. The van der Waals surface area contributed by atoms with Crippen LogP contribution in [-0.2, 0) is 19.0 Å². The third-order valence-corrected chi connectivity index (χ3v) is 8.23. The number of hydrogen-bond acceptors (Lipinski definition) is 10. The van der Waals surface area contributed by atoms with Gasteiger partial charge in [0.05, 0.1) is 13.2 Å². The zero-order valence-electron chi connectivity index (χ0n) is 25.3. The normalized spacial score (nSPS) is 17.2. The van der Waals surface area contributed by atoms with Gasteiger partial charge in [-0.1, -0.05) is 36.9 Å². The van der Waals surface area contributed by atoms with E-state index < -0.39 is 29.0 Å². The lowest BCUT2D eigenvalue weighted by molar-refractivity contribution is -0.142. The quantitative estimate of drug-likeness (QED) is 0.171. The molecule has 1 aliphatic rings. The van der Waals surface area contributed by atoms with E-state index in [1.165, 1.54) is 13.2 Å². The molecule has 12 heteroatoms. The van der Waals surface area contributed by atoms with Crippen molar-refractivity contribution in [2.45, 2.75) is 56.5 Å². The molecule has 10 nitrogen and oxygen atoms in total. The van der Waals surface area contributed by atoms with E-state index in [0.29, 0.717) is 42.9 Å². The van der Waals surface area contributed by atoms with Crippen molar-refractivity contribution in [2.24, 2.45) is 0 Å². The monoisotopic (exact) mass is 631 g/mol. The number of nitrogens with zero attached hydrogens (tertiary/aromatic N) is 1. The molecule has 0 bridgehead atoms. The van der Waals surface area contributed by atoms with Crippen molar-refractivity contribution in [1.29, 1.82) is 0 Å². The average Bonchev–Trinajstić information content (AvgIpc) is 3.37. The van der Waals surface area contributed by atoms with E-state index >= 15 is 0 Å². The molecule has 0 aromatic heterocycles. The van der Waals surface area contributed by atoms with Gasteiger partial charge in [0, 0.05) is 29.6 Å². The summed E-state index contributed by atoms with van der Waals surface area (Å²) >= 11 is 2.66. The highest BCUT2D eigenvalue weighted by molar-refractivity contribution is 8.13. The van der Waals surface area contributed by atoms with Crippen LogP contribution in [0.5, 0.6) is 0 Å². The minimum Gasteiger partial charge on any atom is -0.467 e. The Labute approximate surface area is 261 Å². The molecule has 1 saturated heterocycles. The molecule has 3 rings (SSSR count). The molecule has 0 spiro atoms. The predicted molar refractivity (Wildman–Crippen MR) is 173 cm³/mol. The number of hydrogen-bond donors (Lipinski definition) is 2. The molecule has 0 radical (unpaired) electrons. The van der Waals surface area contributed by atoms with Crippen molar-refractivity contribution in [3.63, 3.8) is 0 Å². The van der Waals surface area contributed by atoms with Crippen LogP contribution in [0.4, 0.5) is 15.3 Å². The molecule has 1 heterocycles. The first-order valence-electron chi connectivity index (χ1n) is 14.0. The Hall–Kier alpha value is -3.38. The molecule has 2 amide bonds. The maximum atomic E-state index is 13.5. The number of nitrogens with one attached hydrogen (secondary N) is 2. The second-order valence-corrected chi connectivity index (χ2v) is 13.3. The third kappa shape index (κ3) is 10.1. The van der Waals surface area contributed by atoms with Crippen LogP contribution in [0.2, 0.25) is 0 Å². The molecule has 43 heavy (non-hydrogen) atoms. The van der Waals surface area contributed by atoms with Gasteiger partial charge in [0.15, 0.2) is 0 Å². The summed E-state index contributed by atoms with van der Waals surface area (Å²) in [6.07, 6.45) is 3.93. The molecule has 1 aliphatic heterocycles. The van der Waals surface area contributed by atoms with Gasteiger partial charge in [0.25, 0.3) is 5.91 Å². The number of amides is 2. The smallest absolute Gasteiger partial charge is 0.410 e. The fourth-order valence-corrected chi connectivity index (χ4v) is 6.29. The first kappa shape index (κ1) is 34.1. The van der Waals surface area contributed by atoms with E-state index in [0.717, 1.165) is 22.5 Å². The lowest BCUT2D eigenvalue weighted by atomic mass is 10.0. The maximum absolute atomic E-state index is 13.5. The van der Waals surface area contributed by atoms with Gasteiger partial charge in [0.1, 0.15) is 18.2 Å². The summed E-state index contributed by atoms with van der Waals surface area (Å²) in [5.41, 5.74) is 0.467. The number of methoxy groups -OCH3 is 1.